The van der Waals surface area contributed by atoms with Crippen molar-refractivity contribution in [2.24, 2.45) is 0 Å². The van der Waals surface area contributed by atoms with Gasteiger partial charge in [-0.2, -0.15) is 5.10 Å². The molecule has 0 bridgehead atoms. The van der Waals surface area contributed by atoms with E-state index in [1.807, 2.05) is 17.0 Å². The molecule has 9 heteroatoms. The minimum atomic E-state index is -0.132. The van der Waals surface area contributed by atoms with Gasteiger partial charge in [-0.25, -0.2) is 4.98 Å². The van der Waals surface area contributed by atoms with Gasteiger partial charge in [-0.05, 0) is 61.1 Å². The number of carbonyl (C=O) groups excluding carboxylic acids is 2. The standard InChI is InChI=1S/C29H34N6O3/c1-19(36)31-28-8-6-23(17-30-28)21-5-7-26-22(16-21)4-3-12-34(26)29-25-18-33(20(2)37)13-9-27(25)35(32-29)24-10-14-38-15-11-24/h5-8,16-17,24H,3-4,9-15,18H2,1-2H3,(H,30,31,36). The molecule has 5 heterocycles. The van der Waals surface area contributed by atoms with Gasteiger partial charge >= 0.3 is 0 Å². The molecule has 0 saturated carbocycles. The average Bonchev–Trinajstić information content (AvgIpc) is 3.32. The second kappa shape index (κ2) is 10.2. The second-order valence-corrected chi connectivity index (χ2v) is 10.4. The van der Waals surface area contributed by atoms with Crippen molar-refractivity contribution in [3.63, 3.8) is 0 Å². The van der Waals surface area contributed by atoms with Crippen molar-refractivity contribution in [1.29, 1.82) is 0 Å². The molecule has 3 aromatic rings. The molecule has 0 spiro atoms. The highest BCUT2D eigenvalue weighted by atomic mass is 16.5. The van der Waals surface area contributed by atoms with E-state index >= 15 is 0 Å². The fourth-order valence-corrected chi connectivity index (χ4v) is 5.96. The maximum absolute atomic E-state index is 12.3. The summed E-state index contributed by atoms with van der Waals surface area (Å²) in [5, 5.41) is 7.97. The highest BCUT2D eigenvalue weighted by molar-refractivity contribution is 5.87. The molecule has 0 aliphatic carbocycles. The van der Waals surface area contributed by atoms with E-state index < -0.39 is 0 Å². The van der Waals surface area contributed by atoms with Gasteiger partial charge in [0.1, 0.15) is 5.82 Å². The molecule has 3 aliphatic rings. The minimum Gasteiger partial charge on any atom is -0.381 e. The monoisotopic (exact) mass is 514 g/mol. The van der Waals surface area contributed by atoms with E-state index in [0.29, 0.717) is 18.4 Å². The van der Waals surface area contributed by atoms with Gasteiger partial charge in [-0.1, -0.05) is 6.07 Å². The van der Waals surface area contributed by atoms with E-state index in [2.05, 4.69) is 38.1 Å². The predicted molar refractivity (Wildman–Crippen MR) is 145 cm³/mol. The lowest BCUT2D eigenvalue weighted by Crippen LogP contribution is -2.36. The molecule has 1 saturated heterocycles. The highest BCUT2D eigenvalue weighted by Crippen LogP contribution is 2.40. The third-order valence-electron chi connectivity index (χ3n) is 7.90. The van der Waals surface area contributed by atoms with E-state index in [1.54, 1.807) is 13.1 Å². The van der Waals surface area contributed by atoms with Crippen LogP contribution in [0.1, 0.15) is 56.0 Å². The lowest BCUT2D eigenvalue weighted by molar-refractivity contribution is -0.129. The first-order valence-electron chi connectivity index (χ1n) is 13.6. The number of pyridine rings is 1. The van der Waals surface area contributed by atoms with Crippen LogP contribution in [0.15, 0.2) is 36.5 Å². The number of rotatable bonds is 4. The number of carbonyl (C=O) groups is 2. The Hall–Kier alpha value is -3.72. The number of aryl methyl sites for hydroxylation is 1. The van der Waals surface area contributed by atoms with Crippen molar-refractivity contribution in [3.05, 3.63) is 53.3 Å². The molecule has 9 nitrogen and oxygen atoms in total. The first kappa shape index (κ1) is 24.6. The third-order valence-corrected chi connectivity index (χ3v) is 7.90. The summed E-state index contributed by atoms with van der Waals surface area (Å²) in [4.78, 5) is 32.3. The van der Waals surface area contributed by atoms with Crippen LogP contribution in [0.25, 0.3) is 11.1 Å². The summed E-state index contributed by atoms with van der Waals surface area (Å²) < 4.78 is 7.89. The normalized spacial score (nSPS) is 17.6. The number of fused-ring (bicyclic) bond motifs is 2. The van der Waals surface area contributed by atoms with Crippen LogP contribution in [0.3, 0.4) is 0 Å². The van der Waals surface area contributed by atoms with Gasteiger partial charge in [0.25, 0.3) is 0 Å². The Bertz CT molecular complexity index is 1360. The van der Waals surface area contributed by atoms with Gasteiger partial charge in [0.2, 0.25) is 11.8 Å². The van der Waals surface area contributed by atoms with Gasteiger partial charge in [0, 0.05) is 75.3 Å². The fraction of sp³-hybridized carbons (Fsp3) is 0.448. The van der Waals surface area contributed by atoms with E-state index in [-0.39, 0.29) is 11.8 Å². The number of amides is 2. The van der Waals surface area contributed by atoms with Crippen LogP contribution in [0, 0.1) is 0 Å². The molecule has 198 valence electrons. The quantitative estimate of drug-likeness (QED) is 0.560. The third kappa shape index (κ3) is 4.67. The summed E-state index contributed by atoms with van der Waals surface area (Å²) in [7, 11) is 0. The maximum atomic E-state index is 12.3. The Morgan fingerprint density at radius 3 is 2.58 bits per heavy atom. The second-order valence-electron chi connectivity index (χ2n) is 10.4. The molecule has 1 N–H and O–H groups in total. The molecule has 0 unspecified atom stereocenters. The van der Waals surface area contributed by atoms with Crippen molar-refractivity contribution >= 4 is 29.1 Å². The smallest absolute Gasteiger partial charge is 0.222 e. The van der Waals surface area contributed by atoms with Crippen LogP contribution in [0.4, 0.5) is 17.3 Å². The molecular formula is C29H34N6O3. The number of anilines is 3. The number of hydrogen-bond donors (Lipinski definition) is 1. The zero-order chi connectivity index (χ0) is 26.2. The van der Waals surface area contributed by atoms with Crippen LogP contribution >= 0.6 is 0 Å². The fourth-order valence-electron chi connectivity index (χ4n) is 5.96. The molecule has 2 amide bonds. The lowest BCUT2D eigenvalue weighted by Gasteiger charge is -2.33. The molecule has 1 aromatic carbocycles. The molecule has 38 heavy (non-hydrogen) atoms. The summed E-state index contributed by atoms with van der Waals surface area (Å²) in [5.74, 6) is 1.52. The summed E-state index contributed by atoms with van der Waals surface area (Å²) in [6.07, 6.45) is 6.61. The lowest BCUT2D eigenvalue weighted by atomic mass is 9.96. The number of hydrogen-bond acceptors (Lipinski definition) is 6. The van der Waals surface area contributed by atoms with E-state index in [9.17, 15) is 9.59 Å². The first-order valence-corrected chi connectivity index (χ1v) is 13.6. The van der Waals surface area contributed by atoms with Crippen LogP contribution in [0.5, 0.6) is 0 Å². The summed E-state index contributed by atoms with van der Waals surface area (Å²) >= 11 is 0. The van der Waals surface area contributed by atoms with Crippen molar-refractivity contribution in [3.8, 4) is 11.1 Å². The van der Waals surface area contributed by atoms with Gasteiger partial charge in [0.05, 0.1) is 12.6 Å². The van der Waals surface area contributed by atoms with Gasteiger partial charge in [-0.3, -0.25) is 14.3 Å². The van der Waals surface area contributed by atoms with E-state index in [0.717, 1.165) is 75.4 Å². The van der Waals surface area contributed by atoms with Crippen LogP contribution < -0.4 is 10.2 Å². The maximum Gasteiger partial charge on any atom is 0.222 e. The number of aromatic nitrogens is 3. The van der Waals surface area contributed by atoms with Crippen molar-refractivity contribution in [2.75, 3.05) is 36.5 Å². The Morgan fingerprint density at radius 1 is 1.03 bits per heavy atom. The zero-order valence-electron chi connectivity index (χ0n) is 22.1. The molecule has 6 rings (SSSR count). The summed E-state index contributed by atoms with van der Waals surface area (Å²) in [5.41, 5.74) is 7.05. The van der Waals surface area contributed by atoms with Crippen LogP contribution in [-0.2, 0) is 33.7 Å². The topological polar surface area (TPSA) is 92.6 Å². The number of nitrogens with zero attached hydrogens (tertiary/aromatic N) is 5. The Labute approximate surface area is 222 Å². The molecule has 1 fully saturated rings. The molecule has 0 atom stereocenters. The first-order chi connectivity index (χ1) is 18.5. The minimum absolute atomic E-state index is 0.113. The van der Waals surface area contributed by atoms with Crippen molar-refractivity contribution in [2.45, 2.75) is 58.5 Å². The Balaban J connectivity index is 1.35. The van der Waals surface area contributed by atoms with Gasteiger partial charge in [0.15, 0.2) is 5.82 Å². The van der Waals surface area contributed by atoms with Crippen LogP contribution in [-0.4, -0.2) is 57.8 Å². The predicted octanol–water partition coefficient (Wildman–Crippen LogP) is 4.24. The number of benzene rings is 1. The largest absolute Gasteiger partial charge is 0.381 e. The summed E-state index contributed by atoms with van der Waals surface area (Å²) in [6.45, 7) is 6.92. The van der Waals surface area contributed by atoms with E-state index in [4.69, 9.17) is 9.84 Å². The van der Waals surface area contributed by atoms with Gasteiger partial charge < -0.3 is 19.9 Å². The molecular weight excluding hydrogens is 480 g/mol. The zero-order valence-corrected chi connectivity index (χ0v) is 22.1. The Kier molecular flexibility index (Phi) is 6.61. The average molecular weight is 515 g/mol. The van der Waals surface area contributed by atoms with Gasteiger partial charge in [-0.15, -0.1) is 0 Å². The van der Waals surface area contributed by atoms with Crippen molar-refractivity contribution < 1.29 is 14.3 Å². The molecule has 3 aliphatic heterocycles. The van der Waals surface area contributed by atoms with Crippen molar-refractivity contribution in [1.82, 2.24) is 19.7 Å². The highest BCUT2D eigenvalue weighted by Gasteiger charge is 2.33. The number of nitrogens with one attached hydrogen (secondary N) is 1. The number of ether oxygens (including phenoxy) is 1. The summed E-state index contributed by atoms with van der Waals surface area (Å²) in [6, 6.07) is 10.7. The molecule has 0 radical (unpaired) electrons. The molecule has 2 aromatic heterocycles. The SMILES string of the molecule is CC(=O)Nc1ccc(-c2ccc3c(c2)CCCN3c2nn(C3CCOCC3)c3c2CN(C(C)=O)CC3)cn1. The Morgan fingerprint density at radius 2 is 1.84 bits per heavy atom. The van der Waals surface area contributed by atoms with E-state index in [1.165, 1.54) is 29.4 Å². The van der Waals surface area contributed by atoms with Crippen LogP contribution in [0.2, 0.25) is 0 Å².